The molecule has 1 aromatic rings. The van der Waals surface area contributed by atoms with Crippen molar-refractivity contribution in [2.45, 2.75) is 26.3 Å². The Morgan fingerprint density at radius 3 is 2.74 bits per heavy atom. The number of nitrogens with zero attached hydrogens (tertiary/aromatic N) is 5. The molecule has 0 aliphatic carbocycles. The van der Waals surface area contributed by atoms with Gasteiger partial charge in [0.2, 0.25) is 11.9 Å². The van der Waals surface area contributed by atoms with Crippen molar-refractivity contribution < 1.29 is 4.74 Å². The number of rotatable bonds is 4. The van der Waals surface area contributed by atoms with Gasteiger partial charge >= 0.3 is 6.01 Å². The van der Waals surface area contributed by atoms with Crippen molar-refractivity contribution in [3.8, 4) is 6.01 Å². The molecule has 2 heterocycles. The molecule has 0 amide bonds. The average molecular weight is 266 g/mol. The van der Waals surface area contributed by atoms with Gasteiger partial charge in [-0.05, 0) is 20.4 Å². The molecule has 1 aliphatic rings. The summed E-state index contributed by atoms with van der Waals surface area (Å²) in [4.78, 5) is 17.0. The Morgan fingerprint density at radius 2 is 2.05 bits per heavy atom. The van der Waals surface area contributed by atoms with E-state index in [0.717, 1.165) is 26.1 Å². The molecule has 1 unspecified atom stereocenters. The van der Waals surface area contributed by atoms with Crippen LogP contribution in [0, 0.1) is 0 Å². The van der Waals surface area contributed by atoms with Gasteiger partial charge in [-0.1, -0.05) is 6.92 Å². The number of ether oxygens (including phenoxy) is 1. The highest BCUT2D eigenvalue weighted by molar-refractivity contribution is 5.36. The van der Waals surface area contributed by atoms with Crippen LogP contribution in [-0.4, -0.2) is 59.2 Å². The van der Waals surface area contributed by atoms with Crippen molar-refractivity contribution in [3.63, 3.8) is 0 Å². The number of aromatic nitrogens is 3. The summed E-state index contributed by atoms with van der Waals surface area (Å²) in [7, 11) is 2.15. The van der Waals surface area contributed by atoms with Crippen molar-refractivity contribution in [2.24, 2.45) is 0 Å². The number of nitrogen functional groups attached to an aromatic ring is 1. The van der Waals surface area contributed by atoms with E-state index in [1.165, 1.54) is 0 Å². The van der Waals surface area contributed by atoms with Crippen LogP contribution in [0.4, 0.5) is 11.9 Å². The molecule has 1 fully saturated rings. The fourth-order valence-corrected chi connectivity index (χ4v) is 2.26. The van der Waals surface area contributed by atoms with Crippen LogP contribution >= 0.6 is 0 Å². The second-order valence-corrected chi connectivity index (χ2v) is 4.70. The van der Waals surface area contributed by atoms with Crippen LogP contribution in [0.15, 0.2) is 0 Å². The van der Waals surface area contributed by atoms with Crippen molar-refractivity contribution >= 4 is 11.9 Å². The van der Waals surface area contributed by atoms with E-state index in [1.807, 2.05) is 6.92 Å². The number of piperazine rings is 1. The highest BCUT2D eigenvalue weighted by atomic mass is 16.5. The van der Waals surface area contributed by atoms with Crippen LogP contribution in [0.1, 0.15) is 20.3 Å². The molecule has 0 radical (unpaired) electrons. The van der Waals surface area contributed by atoms with Crippen LogP contribution in [0.3, 0.4) is 0 Å². The van der Waals surface area contributed by atoms with E-state index in [-0.39, 0.29) is 5.95 Å². The van der Waals surface area contributed by atoms with Crippen LogP contribution in [-0.2, 0) is 0 Å². The molecule has 7 heteroatoms. The summed E-state index contributed by atoms with van der Waals surface area (Å²) >= 11 is 0. The molecule has 2 N–H and O–H groups in total. The van der Waals surface area contributed by atoms with Gasteiger partial charge in [-0.15, -0.1) is 0 Å². The van der Waals surface area contributed by atoms with Gasteiger partial charge in [0.15, 0.2) is 0 Å². The van der Waals surface area contributed by atoms with Crippen molar-refractivity contribution in [1.82, 2.24) is 19.9 Å². The third-order valence-electron chi connectivity index (χ3n) is 3.43. The highest BCUT2D eigenvalue weighted by Gasteiger charge is 2.25. The van der Waals surface area contributed by atoms with E-state index in [9.17, 15) is 0 Å². The van der Waals surface area contributed by atoms with Gasteiger partial charge in [0, 0.05) is 25.7 Å². The largest absolute Gasteiger partial charge is 0.464 e. The lowest BCUT2D eigenvalue weighted by molar-refractivity contribution is 0.212. The quantitative estimate of drug-likeness (QED) is 0.844. The zero-order valence-electron chi connectivity index (χ0n) is 11.8. The van der Waals surface area contributed by atoms with Gasteiger partial charge in [-0.2, -0.15) is 15.0 Å². The molecule has 19 heavy (non-hydrogen) atoms. The number of nitrogens with two attached hydrogens (primary N) is 1. The molecular formula is C12H22N6O. The van der Waals surface area contributed by atoms with Crippen LogP contribution < -0.4 is 15.4 Å². The van der Waals surface area contributed by atoms with E-state index in [4.69, 9.17) is 10.5 Å². The maximum absolute atomic E-state index is 5.71. The predicted molar refractivity (Wildman–Crippen MR) is 74.3 cm³/mol. The van der Waals surface area contributed by atoms with Gasteiger partial charge in [0.1, 0.15) is 0 Å². The first-order chi connectivity index (χ1) is 9.13. The van der Waals surface area contributed by atoms with Gasteiger partial charge in [0.25, 0.3) is 0 Å². The SMILES string of the molecule is CCOc1nc(N)nc(N2CCN(C)C(CC)C2)n1. The average Bonchev–Trinajstić information content (AvgIpc) is 2.39. The molecule has 1 saturated heterocycles. The molecular weight excluding hydrogens is 244 g/mol. The lowest BCUT2D eigenvalue weighted by Crippen LogP contribution is -2.51. The van der Waals surface area contributed by atoms with Gasteiger partial charge in [-0.25, -0.2) is 0 Å². The Labute approximate surface area is 113 Å². The van der Waals surface area contributed by atoms with Crippen molar-refractivity contribution in [1.29, 1.82) is 0 Å². The van der Waals surface area contributed by atoms with Crippen molar-refractivity contribution in [2.75, 3.05) is 43.9 Å². The number of hydrogen-bond acceptors (Lipinski definition) is 7. The van der Waals surface area contributed by atoms with E-state index < -0.39 is 0 Å². The smallest absolute Gasteiger partial charge is 0.323 e. The van der Waals surface area contributed by atoms with Gasteiger partial charge < -0.3 is 15.4 Å². The Morgan fingerprint density at radius 1 is 1.26 bits per heavy atom. The maximum atomic E-state index is 5.71. The number of likely N-dealkylation sites (N-methyl/N-ethyl adjacent to an activating group) is 1. The second-order valence-electron chi connectivity index (χ2n) is 4.70. The Bertz CT molecular complexity index is 427. The minimum atomic E-state index is 0.209. The summed E-state index contributed by atoms with van der Waals surface area (Å²) in [5.41, 5.74) is 5.71. The first-order valence-corrected chi connectivity index (χ1v) is 6.73. The van der Waals surface area contributed by atoms with E-state index in [1.54, 1.807) is 0 Å². The molecule has 106 valence electrons. The lowest BCUT2D eigenvalue weighted by Gasteiger charge is -2.39. The highest BCUT2D eigenvalue weighted by Crippen LogP contribution is 2.18. The summed E-state index contributed by atoms with van der Waals surface area (Å²) < 4.78 is 5.31. The third kappa shape index (κ3) is 3.23. The molecule has 1 aliphatic heterocycles. The normalized spacial score (nSPS) is 20.6. The monoisotopic (exact) mass is 266 g/mol. The van der Waals surface area contributed by atoms with E-state index in [0.29, 0.717) is 24.6 Å². The topological polar surface area (TPSA) is 80.4 Å². The summed E-state index contributed by atoms with van der Waals surface area (Å²) in [5.74, 6) is 0.822. The fourth-order valence-electron chi connectivity index (χ4n) is 2.26. The van der Waals surface area contributed by atoms with Gasteiger partial charge in [0.05, 0.1) is 6.61 Å². The molecule has 2 rings (SSSR count). The fraction of sp³-hybridized carbons (Fsp3) is 0.750. The first-order valence-electron chi connectivity index (χ1n) is 6.73. The molecule has 7 nitrogen and oxygen atoms in total. The van der Waals surface area contributed by atoms with Crippen LogP contribution in [0.5, 0.6) is 6.01 Å². The first kappa shape index (κ1) is 13.8. The molecule has 0 saturated carbocycles. The van der Waals surface area contributed by atoms with E-state index >= 15 is 0 Å². The minimum Gasteiger partial charge on any atom is -0.464 e. The minimum absolute atomic E-state index is 0.209. The van der Waals surface area contributed by atoms with Crippen LogP contribution in [0.25, 0.3) is 0 Å². The summed E-state index contributed by atoms with van der Waals surface area (Å²) in [6.45, 7) is 7.39. The molecule has 1 atom stereocenters. The number of anilines is 2. The van der Waals surface area contributed by atoms with Crippen LogP contribution in [0.2, 0.25) is 0 Å². The van der Waals surface area contributed by atoms with Crippen molar-refractivity contribution in [3.05, 3.63) is 0 Å². The van der Waals surface area contributed by atoms with E-state index in [2.05, 4.69) is 38.7 Å². The summed E-state index contributed by atoms with van der Waals surface area (Å²) in [5, 5.41) is 0. The summed E-state index contributed by atoms with van der Waals surface area (Å²) in [6.07, 6.45) is 1.10. The predicted octanol–water partition coefficient (Wildman–Crippen LogP) is 0.383. The second kappa shape index (κ2) is 6.01. The molecule has 0 spiro atoms. The molecule has 0 bridgehead atoms. The molecule has 1 aromatic heterocycles. The third-order valence-corrected chi connectivity index (χ3v) is 3.43. The van der Waals surface area contributed by atoms with Gasteiger partial charge in [-0.3, -0.25) is 4.90 Å². The standard InChI is InChI=1S/C12H22N6O/c1-4-9-8-18(7-6-17(9)3)11-14-10(13)15-12(16-11)19-5-2/h9H,4-8H2,1-3H3,(H2,13,14,15,16). The zero-order chi connectivity index (χ0) is 13.8. The number of hydrogen-bond donors (Lipinski definition) is 1. The Balaban J connectivity index is 2.17. The zero-order valence-corrected chi connectivity index (χ0v) is 11.8. The Kier molecular flexibility index (Phi) is 4.36. The summed E-state index contributed by atoms with van der Waals surface area (Å²) in [6, 6.07) is 0.819. The lowest BCUT2D eigenvalue weighted by atomic mass is 10.1. The Hall–Kier alpha value is -1.63. The molecule has 0 aromatic carbocycles. The maximum Gasteiger partial charge on any atom is 0.323 e.